The topological polar surface area (TPSA) is 46.4 Å². The van der Waals surface area contributed by atoms with Crippen molar-refractivity contribution in [3.63, 3.8) is 0 Å². The fourth-order valence-electron chi connectivity index (χ4n) is 4.28. The van der Waals surface area contributed by atoms with Crippen LogP contribution in [0.25, 0.3) is 11.4 Å². The highest BCUT2D eigenvalue weighted by atomic mass is 16.5. The molecule has 6 heteroatoms. The van der Waals surface area contributed by atoms with Crippen molar-refractivity contribution in [3.05, 3.63) is 65.7 Å². The zero-order valence-electron chi connectivity index (χ0n) is 16.9. The molecule has 2 saturated heterocycles. The summed E-state index contributed by atoms with van der Waals surface area (Å²) in [6.07, 6.45) is 0. The number of anilines is 1. The second-order valence-corrected chi connectivity index (χ2v) is 7.97. The maximum absolute atomic E-state index is 5.72. The van der Waals surface area contributed by atoms with Gasteiger partial charge in [0.1, 0.15) is 0 Å². The van der Waals surface area contributed by atoms with Gasteiger partial charge in [-0.25, -0.2) is 0 Å². The largest absolute Gasteiger partial charge is 0.378 e. The summed E-state index contributed by atoms with van der Waals surface area (Å²) in [7, 11) is 0. The molecule has 6 nitrogen and oxygen atoms in total. The fourth-order valence-corrected chi connectivity index (χ4v) is 4.28. The summed E-state index contributed by atoms with van der Waals surface area (Å²) in [5.74, 6) is 1.88. The van der Waals surface area contributed by atoms with Gasteiger partial charge in [0.15, 0.2) is 5.82 Å². The molecule has 1 aromatic heterocycles. The average molecular weight is 390 g/mol. The van der Waals surface area contributed by atoms with Gasteiger partial charge in [0.05, 0.1) is 25.8 Å². The molecule has 2 fully saturated rings. The van der Waals surface area contributed by atoms with E-state index in [0.29, 0.717) is 6.04 Å². The third-order valence-corrected chi connectivity index (χ3v) is 5.95. The first-order valence-corrected chi connectivity index (χ1v) is 10.4. The minimum Gasteiger partial charge on any atom is -0.378 e. The predicted octanol–water partition coefficient (Wildman–Crippen LogP) is 2.82. The molecule has 2 aliphatic heterocycles. The number of piperazine rings is 1. The van der Waals surface area contributed by atoms with Crippen LogP contribution in [0.1, 0.15) is 11.1 Å². The first-order chi connectivity index (χ1) is 14.3. The molecule has 3 heterocycles. The first kappa shape index (κ1) is 18.3. The van der Waals surface area contributed by atoms with Crippen molar-refractivity contribution in [2.75, 3.05) is 44.3 Å². The molecule has 0 saturated carbocycles. The van der Waals surface area contributed by atoms with Gasteiger partial charge in [0.25, 0.3) is 0 Å². The Kier molecular flexibility index (Phi) is 5.04. The van der Waals surface area contributed by atoms with Crippen molar-refractivity contribution in [2.24, 2.45) is 0 Å². The molecule has 3 aromatic rings. The summed E-state index contributed by atoms with van der Waals surface area (Å²) in [6.45, 7) is 8.49. The molecule has 1 atom stereocenters. The number of ether oxygens (including phenoxy) is 1. The summed E-state index contributed by atoms with van der Waals surface area (Å²) in [4.78, 5) is 4.92. The van der Waals surface area contributed by atoms with Crippen molar-refractivity contribution in [2.45, 2.75) is 19.5 Å². The predicted molar refractivity (Wildman–Crippen MR) is 114 cm³/mol. The summed E-state index contributed by atoms with van der Waals surface area (Å²) in [5.41, 5.74) is 3.60. The summed E-state index contributed by atoms with van der Waals surface area (Å²) in [6, 6.07) is 19.5. The Morgan fingerprint density at radius 1 is 0.966 bits per heavy atom. The van der Waals surface area contributed by atoms with Crippen LogP contribution in [-0.2, 0) is 11.3 Å². The highest BCUT2D eigenvalue weighted by molar-refractivity contribution is 5.58. The second kappa shape index (κ2) is 7.97. The van der Waals surface area contributed by atoms with Gasteiger partial charge in [0.2, 0.25) is 5.95 Å². The van der Waals surface area contributed by atoms with E-state index in [4.69, 9.17) is 4.74 Å². The molecular formula is C23H27N5O. The number of nitrogens with zero attached hydrogens (tertiary/aromatic N) is 5. The summed E-state index contributed by atoms with van der Waals surface area (Å²) in [5, 5.41) is 9.27. The lowest BCUT2D eigenvalue weighted by molar-refractivity contribution is -0.0119. The number of hydrogen-bond donors (Lipinski definition) is 0. The van der Waals surface area contributed by atoms with E-state index in [0.717, 1.165) is 63.3 Å². The van der Waals surface area contributed by atoms with E-state index in [9.17, 15) is 0 Å². The molecule has 0 N–H and O–H groups in total. The molecule has 0 aliphatic carbocycles. The van der Waals surface area contributed by atoms with Gasteiger partial charge in [0, 0.05) is 31.7 Å². The second-order valence-electron chi connectivity index (χ2n) is 7.97. The van der Waals surface area contributed by atoms with Crippen molar-refractivity contribution < 1.29 is 4.74 Å². The molecule has 150 valence electrons. The number of aromatic nitrogens is 3. The molecular weight excluding hydrogens is 362 g/mol. The summed E-state index contributed by atoms with van der Waals surface area (Å²) >= 11 is 0. The van der Waals surface area contributed by atoms with Crippen LogP contribution < -0.4 is 4.90 Å². The van der Waals surface area contributed by atoms with Crippen LogP contribution in [0.15, 0.2) is 54.6 Å². The molecule has 1 unspecified atom stereocenters. The Balaban J connectivity index is 1.50. The molecule has 2 aromatic carbocycles. The van der Waals surface area contributed by atoms with Gasteiger partial charge < -0.3 is 9.64 Å². The number of benzene rings is 2. The minimum absolute atomic E-state index is 0.433. The van der Waals surface area contributed by atoms with Crippen molar-refractivity contribution in [1.29, 1.82) is 0 Å². The smallest absolute Gasteiger partial charge is 0.227 e. The Morgan fingerprint density at radius 2 is 1.79 bits per heavy atom. The Hall–Kier alpha value is -2.70. The standard InChI is InChI=1S/C23H27N5O/c1-18-7-9-20(10-8-18)22-24-25-23(28(22)15-19-5-3-2-4-6-19)27-12-11-26-13-14-29-17-21(26)16-27/h2-10,21H,11-17H2,1H3. The average Bonchev–Trinajstić information content (AvgIpc) is 3.18. The van der Waals surface area contributed by atoms with Crippen molar-refractivity contribution in [3.8, 4) is 11.4 Å². The zero-order chi connectivity index (χ0) is 19.6. The van der Waals surface area contributed by atoms with Gasteiger partial charge in [-0.2, -0.15) is 0 Å². The van der Waals surface area contributed by atoms with Crippen molar-refractivity contribution in [1.82, 2.24) is 19.7 Å². The van der Waals surface area contributed by atoms with Gasteiger partial charge >= 0.3 is 0 Å². The van der Waals surface area contributed by atoms with Gasteiger partial charge in [-0.1, -0.05) is 60.2 Å². The normalized spacial score (nSPS) is 19.9. The molecule has 0 radical (unpaired) electrons. The van der Waals surface area contributed by atoms with E-state index >= 15 is 0 Å². The van der Waals surface area contributed by atoms with Crippen LogP contribution in [0.2, 0.25) is 0 Å². The van der Waals surface area contributed by atoms with E-state index in [1.54, 1.807) is 0 Å². The highest BCUT2D eigenvalue weighted by Gasteiger charge is 2.32. The lowest BCUT2D eigenvalue weighted by atomic mass is 10.1. The van der Waals surface area contributed by atoms with Crippen LogP contribution in [-0.4, -0.2) is 65.1 Å². The van der Waals surface area contributed by atoms with Crippen LogP contribution in [0.5, 0.6) is 0 Å². The van der Waals surface area contributed by atoms with Crippen LogP contribution in [0.4, 0.5) is 5.95 Å². The minimum atomic E-state index is 0.433. The Bertz CT molecular complexity index is 953. The van der Waals surface area contributed by atoms with E-state index < -0.39 is 0 Å². The zero-order valence-corrected chi connectivity index (χ0v) is 16.9. The quantitative estimate of drug-likeness (QED) is 0.687. The molecule has 5 rings (SSSR count). The van der Waals surface area contributed by atoms with Gasteiger partial charge in [-0.15, -0.1) is 10.2 Å². The number of fused-ring (bicyclic) bond motifs is 1. The van der Waals surface area contributed by atoms with E-state index in [1.807, 2.05) is 0 Å². The molecule has 0 bridgehead atoms. The maximum atomic E-state index is 5.72. The number of hydrogen-bond acceptors (Lipinski definition) is 5. The molecule has 29 heavy (non-hydrogen) atoms. The third kappa shape index (κ3) is 3.78. The van der Waals surface area contributed by atoms with Gasteiger partial charge in [-0.05, 0) is 12.5 Å². The third-order valence-electron chi connectivity index (χ3n) is 5.95. The van der Waals surface area contributed by atoms with E-state index in [2.05, 4.69) is 86.1 Å². The first-order valence-electron chi connectivity index (χ1n) is 10.4. The van der Waals surface area contributed by atoms with E-state index in [1.165, 1.54) is 11.1 Å². The fraction of sp³-hybridized carbons (Fsp3) is 0.391. The van der Waals surface area contributed by atoms with Crippen molar-refractivity contribution >= 4 is 5.95 Å². The Labute approximate surface area is 171 Å². The lowest BCUT2D eigenvalue weighted by Gasteiger charge is -2.43. The van der Waals surface area contributed by atoms with Crippen LogP contribution in [0, 0.1) is 6.92 Å². The molecule has 0 spiro atoms. The highest BCUT2D eigenvalue weighted by Crippen LogP contribution is 2.26. The lowest BCUT2D eigenvalue weighted by Crippen LogP contribution is -2.58. The molecule has 0 amide bonds. The Morgan fingerprint density at radius 3 is 2.62 bits per heavy atom. The monoisotopic (exact) mass is 389 g/mol. The maximum Gasteiger partial charge on any atom is 0.227 e. The number of rotatable bonds is 4. The van der Waals surface area contributed by atoms with E-state index in [-0.39, 0.29) is 0 Å². The summed E-state index contributed by atoms with van der Waals surface area (Å²) < 4.78 is 7.99. The van der Waals surface area contributed by atoms with Gasteiger partial charge in [-0.3, -0.25) is 9.47 Å². The van der Waals surface area contributed by atoms with Crippen LogP contribution in [0.3, 0.4) is 0 Å². The number of morpholine rings is 1. The van der Waals surface area contributed by atoms with Crippen LogP contribution >= 0.6 is 0 Å². The SMILES string of the molecule is Cc1ccc(-c2nnc(N3CCN4CCOCC4C3)n2Cc2ccccc2)cc1. The number of aryl methyl sites for hydroxylation is 1. The molecule has 2 aliphatic rings.